The Hall–Kier alpha value is -0.510. The third-order valence-electron chi connectivity index (χ3n) is 6.05. The third-order valence-corrected chi connectivity index (χ3v) is 6.05. The third kappa shape index (κ3) is 4.80. The molecular weight excluding hydrogens is 242 g/mol. The summed E-state index contributed by atoms with van der Waals surface area (Å²) in [5.41, 5.74) is 0. The van der Waals surface area contributed by atoms with Gasteiger partial charge in [0.2, 0.25) is 0 Å². The van der Waals surface area contributed by atoms with Gasteiger partial charge in [0.25, 0.3) is 0 Å². The summed E-state index contributed by atoms with van der Waals surface area (Å²) in [7, 11) is 0. The molecule has 0 bridgehead atoms. The Morgan fingerprint density at radius 2 is 1.60 bits per heavy atom. The topological polar surface area (TPSA) is 23.8 Å². The molecule has 0 heterocycles. The van der Waals surface area contributed by atoms with E-state index in [2.05, 4.69) is 13.0 Å². The second kappa shape index (κ2) is 8.71. The monoisotopic (exact) mass is 275 g/mol. The summed E-state index contributed by atoms with van der Waals surface area (Å²) in [6, 6.07) is 2.44. The largest absolute Gasteiger partial charge is 0.198 e. The first-order valence-electron chi connectivity index (χ1n) is 9.23. The molecule has 0 aromatic carbocycles. The van der Waals surface area contributed by atoms with Crippen molar-refractivity contribution in [2.75, 3.05) is 0 Å². The Bertz CT molecular complexity index is 289. The fourth-order valence-electron chi connectivity index (χ4n) is 4.57. The van der Waals surface area contributed by atoms with E-state index in [1.165, 1.54) is 70.6 Å². The molecule has 2 aliphatic rings. The SMILES string of the molecule is CCC(C#N)CCC[C@H]1CC[C@H](C2CCCCC2)CC1. The predicted octanol–water partition coefficient (Wildman–Crippen LogP) is 6.09. The smallest absolute Gasteiger partial charge is 0.0655 e. The van der Waals surface area contributed by atoms with Gasteiger partial charge in [0.05, 0.1) is 6.07 Å². The van der Waals surface area contributed by atoms with Crippen LogP contribution in [-0.2, 0) is 0 Å². The van der Waals surface area contributed by atoms with E-state index in [0.29, 0.717) is 5.92 Å². The highest BCUT2D eigenvalue weighted by Gasteiger charge is 2.28. The lowest BCUT2D eigenvalue weighted by molar-refractivity contribution is 0.162. The molecule has 0 radical (unpaired) electrons. The van der Waals surface area contributed by atoms with Gasteiger partial charge in [-0.2, -0.15) is 5.26 Å². The number of rotatable bonds is 6. The average Bonchev–Trinajstić information content (AvgIpc) is 2.53. The van der Waals surface area contributed by atoms with Crippen molar-refractivity contribution < 1.29 is 0 Å². The molecule has 0 aromatic heterocycles. The van der Waals surface area contributed by atoms with Crippen molar-refractivity contribution in [3.8, 4) is 6.07 Å². The van der Waals surface area contributed by atoms with Crippen molar-refractivity contribution in [3.63, 3.8) is 0 Å². The molecule has 1 heteroatoms. The number of hydrogen-bond acceptors (Lipinski definition) is 1. The zero-order valence-corrected chi connectivity index (χ0v) is 13.4. The van der Waals surface area contributed by atoms with Crippen LogP contribution >= 0.6 is 0 Å². The molecule has 20 heavy (non-hydrogen) atoms. The lowest BCUT2D eigenvalue weighted by Gasteiger charge is -2.36. The highest BCUT2D eigenvalue weighted by Crippen LogP contribution is 2.41. The van der Waals surface area contributed by atoms with Crippen LogP contribution in [0.4, 0.5) is 0 Å². The molecule has 1 unspecified atom stereocenters. The van der Waals surface area contributed by atoms with Gasteiger partial charge >= 0.3 is 0 Å². The van der Waals surface area contributed by atoms with Gasteiger partial charge in [0.15, 0.2) is 0 Å². The van der Waals surface area contributed by atoms with Gasteiger partial charge in [-0.05, 0) is 43.4 Å². The van der Waals surface area contributed by atoms with E-state index in [4.69, 9.17) is 5.26 Å². The van der Waals surface area contributed by atoms with Gasteiger partial charge in [-0.3, -0.25) is 0 Å². The molecule has 2 aliphatic carbocycles. The maximum atomic E-state index is 8.99. The minimum Gasteiger partial charge on any atom is -0.198 e. The van der Waals surface area contributed by atoms with Crippen molar-refractivity contribution in [2.45, 2.75) is 90.4 Å². The standard InChI is InChI=1S/C19H33N/c1-2-16(15-20)7-6-8-17-11-13-19(14-12-17)18-9-4-3-5-10-18/h16-19H,2-14H2,1H3/t16?,17-,19-. The summed E-state index contributed by atoms with van der Waals surface area (Å²) >= 11 is 0. The van der Waals surface area contributed by atoms with Crippen LogP contribution in [0.25, 0.3) is 0 Å². The maximum Gasteiger partial charge on any atom is 0.0655 e. The van der Waals surface area contributed by atoms with Crippen LogP contribution in [0.3, 0.4) is 0 Å². The summed E-state index contributed by atoms with van der Waals surface area (Å²) in [5, 5.41) is 8.99. The molecule has 0 N–H and O–H groups in total. The Morgan fingerprint density at radius 1 is 0.950 bits per heavy atom. The van der Waals surface area contributed by atoms with E-state index >= 15 is 0 Å². The molecule has 2 fully saturated rings. The lowest BCUT2D eigenvalue weighted by Crippen LogP contribution is -2.23. The number of nitriles is 1. The molecule has 2 rings (SSSR count). The second-order valence-corrected chi connectivity index (χ2v) is 7.34. The number of hydrogen-bond donors (Lipinski definition) is 0. The van der Waals surface area contributed by atoms with Crippen LogP contribution in [0.2, 0.25) is 0 Å². The maximum absolute atomic E-state index is 8.99. The molecule has 0 aromatic rings. The zero-order chi connectivity index (χ0) is 14.2. The fraction of sp³-hybridized carbons (Fsp3) is 0.947. The number of nitrogens with zero attached hydrogens (tertiary/aromatic N) is 1. The van der Waals surface area contributed by atoms with E-state index in [1.807, 2.05) is 0 Å². The highest BCUT2D eigenvalue weighted by molar-refractivity contribution is 4.83. The minimum absolute atomic E-state index is 0.313. The quantitative estimate of drug-likeness (QED) is 0.575. The summed E-state index contributed by atoms with van der Waals surface area (Å²) in [4.78, 5) is 0. The van der Waals surface area contributed by atoms with E-state index in [-0.39, 0.29) is 0 Å². The molecule has 114 valence electrons. The molecule has 0 saturated heterocycles. The first-order chi connectivity index (χ1) is 9.83. The van der Waals surface area contributed by atoms with Crippen molar-refractivity contribution >= 4 is 0 Å². The van der Waals surface area contributed by atoms with Gasteiger partial charge < -0.3 is 0 Å². The van der Waals surface area contributed by atoms with Gasteiger partial charge in [0, 0.05) is 5.92 Å². The van der Waals surface area contributed by atoms with Crippen LogP contribution in [0.15, 0.2) is 0 Å². The molecule has 0 amide bonds. The molecule has 1 atom stereocenters. The van der Waals surface area contributed by atoms with E-state index in [9.17, 15) is 0 Å². The predicted molar refractivity (Wildman–Crippen MR) is 85.3 cm³/mol. The molecule has 0 spiro atoms. The summed E-state index contributed by atoms with van der Waals surface area (Å²) in [6.45, 7) is 2.14. The Balaban J connectivity index is 1.60. The Labute approximate surface area is 126 Å². The van der Waals surface area contributed by atoms with Crippen LogP contribution < -0.4 is 0 Å². The highest BCUT2D eigenvalue weighted by atomic mass is 14.3. The lowest BCUT2D eigenvalue weighted by atomic mass is 9.70. The minimum atomic E-state index is 0.313. The average molecular weight is 275 g/mol. The van der Waals surface area contributed by atoms with Gasteiger partial charge in [-0.25, -0.2) is 0 Å². The van der Waals surface area contributed by atoms with Crippen molar-refractivity contribution in [1.29, 1.82) is 5.26 Å². The summed E-state index contributed by atoms with van der Waals surface area (Å²) < 4.78 is 0. The summed E-state index contributed by atoms with van der Waals surface area (Å²) in [5.74, 6) is 3.43. The van der Waals surface area contributed by atoms with Crippen LogP contribution in [0.1, 0.15) is 90.4 Å². The fourth-order valence-corrected chi connectivity index (χ4v) is 4.57. The summed E-state index contributed by atoms with van der Waals surface area (Å²) in [6.07, 6.45) is 18.3. The molecule has 2 saturated carbocycles. The molecule has 1 nitrogen and oxygen atoms in total. The zero-order valence-electron chi connectivity index (χ0n) is 13.4. The van der Waals surface area contributed by atoms with Crippen LogP contribution in [0.5, 0.6) is 0 Å². The molecular formula is C19H33N. The first-order valence-corrected chi connectivity index (χ1v) is 9.23. The van der Waals surface area contributed by atoms with E-state index < -0.39 is 0 Å². The van der Waals surface area contributed by atoms with Crippen molar-refractivity contribution in [3.05, 3.63) is 0 Å². The first kappa shape index (κ1) is 15.9. The van der Waals surface area contributed by atoms with Gasteiger partial charge in [0.1, 0.15) is 0 Å². The Kier molecular flexibility index (Phi) is 6.91. The Morgan fingerprint density at radius 3 is 2.20 bits per heavy atom. The van der Waals surface area contributed by atoms with Crippen molar-refractivity contribution in [2.24, 2.45) is 23.7 Å². The van der Waals surface area contributed by atoms with Gasteiger partial charge in [-0.1, -0.05) is 64.7 Å². The van der Waals surface area contributed by atoms with E-state index in [0.717, 1.165) is 30.6 Å². The normalized spacial score (nSPS) is 29.8. The van der Waals surface area contributed by atoms with Crippen LogP contribution in [-0.4, -0.2) is 0 Å². The van der Waals surface area contributed by atoms with E-state index in [1.54, 1.807) is 0 Å². The van der Waals surface area contributed by atoms with Gasteiger partial charge in [-0.15, -0.1) is 0 Å². The van der Waals surface area contributed by atoms with Crippen molar-refractivity contribution in [1.82, 2.24) is 0 Å². The second-order valence-electron chi connectivity index (χ2n) is 7.34. The van der Waals surface area contributed by atoms with Crippen LogP contribution in [0, 0.1) is 35.0 Å². The molecule has 0 aliphatic heterocycles.